The van der Waals surface area contributed by atoms with E-state index in [4.69, 9.17) is 0 Å². The molecule has 0 aromatic carbocycles. The smallest absolute Gasteiger partial charge is 0.272 e. The highest BCUT2D eigenvalue weighted by molar-refractivity contribution is 9.09. The van der Waals surface area contributed by atoms with Gasteiger partial charge in [-0.3, -0.25) is 9.48 Å². The second-order valence-corrected chi connectivity index (χ2v) is 4.41. The third kappa shape index (κ3) is 2.83. The summed E-state index contributed by atoms with van der Waals surface area (Å²) in [5, 5.41) is 7.60. The normalized spacial score (nSPS) is 11.4. The van der Waals surface area contributed by atoms with Gasteiger partial charge < -0.3 is 5.32 Å². The topological polar surface area (TPSA) is 46.9 Å². The summed E-state index contributed by atoms with van der Waals surface area (Å²) in [5.41, 5.74) is 0.191. The molecule has 0 aliphatic carbocycles. The molecule has 1 aromatic rings. The molecule has 5 heteroatoms. The number of amides is 1. The van der Waals surface area contributed by atoms with Crippen molar-refractivity contribution in [3.8, 4) is 0 Å². The van der Waals surface area contributed by atoms with Gasteiger partial charge in [-0.2, -0.15) is 5.10 Å². The molecule has 0 atom stereocenters. The molecule has 1 aromatic heterocycles. The highest BCUT2D eigenvalue weighted by atomic mass is 79.9. The maximum atomic E-state index is 11.6. The van der Waals surface area contributed by atoms with Crippen LogP contribution in [0, 0.1) is 0 Å². The van der Waals surface area contributed by atoms with E-state index >= 15 is 0 Å². The average molecular weight is 260 g/mol. The summed E-state index contributed by atoms with van der Waals surface area (Å²) in [5.74, 6) is -0.143. The predicted molar refractivity (Wildman–Crippen MR) is 58.5 cm³/mol. The first-order chi connectivity index (χ1) is 6.44. The largest absolute Gasteiger partial charge is 0.345 e. The molecule has 0 aliphatic rings. The number of carbonyl (C=O) groups excluding carboxylic acids is 1. The van der Waals surface area contributed by atoms with Gasteiger partial charge >= 0.3 is 0 Å². The number of hydrogen-bond donors (Lipinski definition) is 1. The van der Waals surface area contributed by atoms with Crippen LogP contribution in [0.3, 0.4) is 0 Å². The molecule has 1 amide bonds. The van der Waals surface area contributed by atoms with E-state index in [1.54, 1.807) is 24.0 Å². The Morgan fingerprint density at radius 3 is 2.79 bits per heavy atom. The molecule has 1 rings (SSSR count). The second kappa shape index (κ2) is 4.13. The van der Waals surface area contributed by atoms with E-state index in [2.05, 4.69) is 26.3 Å². The Hall–Kier alpha value is -0.840. The van der Waals surface area contributed by atoms with E-state index in [0.717, 1.165) is 0 Å². The number of alkyl halides is 1. The molecule has 78 valence electrons. The zero-order valence-electron chi connectivity index (χ0n) is 8.54. The molecule has 0 saturated heterocycles. The van der Waals surface area contributed by atoms with E-state index < -0.39 is 0 Å². The number of halogens is 1. The van der Waals surface area contributed by atoms with Crippen molar-refractivity contribution in [2.75, 3.05) is 5.33 Å². The Morgan fingerprint density at radius 1 is 1.71 bits per heavy atom. The third-order valence-corrected chi connectivity index (χ3v) is 3.13. The van der Waals surface area contributed by atoms with Crippen LogP contribution in [0.1, 0.15) is 24.3 Å². The lowest BCUT2D eigenvalue weighted by atomic mass is 10.1. The summed E-state index contributed by atoms with van der Waals surface area (Å²) >= 11 is 3.34. The van der Waals surface area contributed by atoms with Crippen molar-refractivity contribution in [3.05, 3.63) is 18.0 Å². The van der Waals surface area contributed by atoms with Crippen molar-refractivity contribution < 1.29 is 4.79 Å². The van der Waals surface area contributed by atoms with Crippen LogP contribution in [0.15, 0.2) is 12.3 Å². The van der Waals surface area contributed by atoms with Crippen LogP contribution in [0.2, 0.25) is 0 Å². The molecule has 1 N–H and O–H groups in total. The van der Waals surface area contributed by atoms with Crippen molar-refractivity contribution >= 4 is 21.8 Å². The monoisotopic (exact) mass is 259 g/mol. The maximum Gasteiger partial charge on any atom is 0.272 e. The standard InChI is InChI=1S/C9H14BrN3O/c1-9(2,6-10)11-8(14)7-4-5-13(3)12-7/h4-5H,6H2,1-3H3,(H,11,14). The number of carbonyl (C=O) groups is 1. The van der Waals surface area contributed by atoms with E-state index in [9.17, 15) is 4.79 Å². The summed E-state index contributed by atoms with van der Waals surface area (Å²) < 4.78 is 1.61. The SMILES string of the molecule is Cn1ccc(C(=O)NC(C)(C)CBr)n1. The van der Waals surface area contributed by atoms with E-state index in [-0.39, 0.29) is 11.4 Å². The molecule has 0 radical (unpaired) electrons. The molecule has 0 unspecified atom stereocenters. The van der Waals surface area contributed by atoms with Gasteiger partial charge in [-0.05, 0) is 19.9 Å². The quantitative estimate of drug-likeness (QED) is 0.833. The fourth-order valence-electron chi connectivity index (χ4n) is 0.941. The molecular weight excluding hydrogens is 246 g/mol. The maximum absolute atomic E-state index is 11.6. The molecule has 0 spiro atoms. The van der Waals surface area contributed by atoms with Crippen molar-refractivity contribution in [1.29, 1.82) is 0 Å². The van der Waals surface area contributed by atoms with Gasteiger partial charge in [0.1, 0.15) is 5.69 Å². The fourth-order valence-corrected chi connectivity index (χ4v) is 1.08. The first-order valence-electron chi connectivity index (χ1n) is 4.33. The van der Waals surface area contributed by atoms with Gasteiger partial charge in [0.25, 0.3) is 5.91 Å². The fraction of sp³-hybridized carbons (Fsp3) is 0.556. The Kier molecular flexibility index (Phi) is 3.31. The van der Waals surface area contributed by atoms with E-state index in [1.807, 2.05) is 13.8 Å². The van der Waals surface area contributed by atoms with Crippen LogP contribution in [0.4, 0.5) is 0 Å². The summed E-state index contributed by atoms with van der Waals surface area (Å²) in [6.45, 7) is 3.89. The average Bonchev–Trinajstić information content (AvgIpc) is 2.51. The molecule has 0 fully saturated rings. The Labute approximate surface area is 91.8 Å². The van der Waals surface area contributed by atoms with Gasteiger partial charge in [0.05, 0.1) is 0 Å². The minimum absolute atomic E-state index is 0.143. The molecule has 0 bridgehead atoms. The molecule has 4 nitrogen and oxygen atoms in total. The lowest BCUT2D eigenvalue weighted by Crippen LogP contribution is -2.44. The van der Waals surface area contributed by atoms with Gasteiger partial charge in [0, 0.05) is 24.1 Å². The summed E-state index contributed by atoms with van der Waals surface area (Å²) in [6, 6.07) is 1.69. The van der Waals surface area contributed by atoms with E-state index in [0.29, 0.717) is 11.0 Å². The van der Waals surface area contributed by atoms with Gasteiger partial charge in [-0.1, -0.05) is 15.9 Å². The number of nitrogens with zero attached hydrogens (tertiary/aromatic N) is 2. The Bertz CT molecular complexity index is 333. The summed E-state index contributed by atoms with van der Waals surface area (Å²) in [6.07, 6.45) is 1.75. The summed E-state index contributed by atoms with van der Waals surface area (Å²) in [4.78, 5) is 11.6. The van der Waals surface area contributed by atoms with Crippen LogP contribution in [-0.4, -0.2) is 26.6 Å². The highest BCUT2D eigenvalue weighted by Crippen LogP contribution is 2.07. The number of rotatable bonds is 3. The lowest BCUT2D eigenvalue weighted by Gasteiger charge is -2.22. The molecular formula is C9H14BrN3O. The minimum atomic E-state index is -0.255. The number of nitrogens with one attached hydrogen (secondary N) is 1. The van der Waals surface area contributed by atoms with Crippen molar-refractivity contribution in [1.82, 2.24) is 15.1 Å². The first kappa shape index (κ1) is 11.2. The third-order valence-electron chi connectivity index (χ3n) is 1.73. The van der Waals surface area contributed by atoms with Gasteiger partial charge in [0.15, 0.2) is 0 Å². The highest BCUT2D eigenvalue weighted by Gasteiger charge is 2.20. The predicted octanol–water partition coefficient (Wildman–Crippen LogP) is 1.32. The Morgan fingerprint density at radius 2 is 2.36 bits per heavy atom. The van der Waals surface area contributed by atoms with Gasteiger partial charge in [-0.25, -0.2) is 0 Å². The first-order valence-corrected chi connectivity index (χ1v) is 5.45. The minimum Gasteiger partial charge on any atom is -0.345 e. The second-order valence-electron chi connectivity index (χ2n) is 3.85. The zero-order chi connectivity index (χ0) is 10.8. The van der Waals surface area contributed by atoms with E-state index in [1.165, 1.54) is 0 Å². The van der Waals surface area contributed by atoms with Crippen molar-refractivity contribution in [2.24, 2.45) is 7.05 Å². The number of aryl methyl sites for hydroxylation is 1. The van der Waals surface area contributed by atoms with Crippen LogP contribution < -0.4 is 5.32 Å². The summed E-state index contributed by atoms with van der Waals surface area (Å²) in [7, 11) is 1.78. The zero-order valence-corrected chi connectivity index (χ0v) is 10.1. The number of hydrogen-bond acceptors (Lipinski definition) is 2. The molecule has 14 heavy (non-hydrogen) atoms. The molecule has 0 aliphatic heterocycles. The molecule has 0 saturated carbocycles. The van der Waals surface area contributed by atoms with Crippen LogP contribution >= 0.6 is 15.9 Å². The van der Waals surface area contributed by atoms with Crippen molar-refractivity contribution in [3.63, 3.8) is 0 Å². The number of aromatic nitrogens is 2. The Balaban J connectivity index is 2.68. The van der Waals surface area contributed by atoms with Crippen molar-refractivity contribution in [2.45, 2.75) is 19.4 Å². The lowest BCUT2D eigenvalue weighted by molar-refractivity contribution is 0.0915. The molecule has 1 heterocycles. The van der Waals surface area contributed by atoms with Crippen LogP contribution in [0.5, 0.6) is 0 Å². The van der Waals surface area contributed by atoms with Gasteiger partial charge in [0.2, 0.25) is 0 Å². The van der Waals surface area contributed by atoms with Crippen LogP contribution in [-0.2, 0) is 7.05 Å². The van der Waals surface area contributed by atoms with Gasteiger partial charge in [-0.15, -0.1) is 0 Å². The van der Waals surface area contributed by atoms with Crippen LogP contribution in [0.25, 0.3) is 0 Å².